The number of nitrogens with one attached hydrogen (secondary N) is 1. The Hall–Kier alpha value is -3.10. The molecule has 2 heterocycles. The first-order valence-electron chi connectivity index (χ1n) is 12.3. The van der Waals surface area contributed by atoms with Crippen molar-refractivity contribution in [3.05, 3.63) is 65.9 Å². The maximum atomic E-state index is 13.0. The smallest absolute Gasteiger partial charge is 0.324 e. The van der Waals surface area contributed by atoms with Crippen LogP contribution in [0.25, 0.3) is 10.9 Å². The molecule has 0 spiro atoms. The van der Waals surface area contributed by atoms with Gasteiger partial charge in [0.1, 0.15) is 18.4 Å². The maximum Gasteiger partial charge on any atom is 0.324 e. The summed E-state index contributed by atoms with van der Waals surface area (Å²) in [6.45, 7) is 2.94. The lowest BCUT2D eigenvalue weighted by Crippen LogP contribution is -2.56. The lowest BCUT2D eigenvalue weighted by molar-refractivity contribution is -0.147. The van der Waals surface area contributed by atoms with Gasteiger partial charge in [-0.1, -0.05) is 18.2 Å². The fourth-order valence-corrected chi connectivity index (χ4v) is 6.37. The van der Waals surface area contributed by atoms with E-state index < -0.39 is 32.1 Å². The highest BCUT2D eigenvalue weighted by atomic mass is 32.2. The summed E-state index contributed by atoms with van der Waals surface area (Å²) in [6, 6.07) is 14.9. The number of aromatic nitrogens is 1. The lowest BCUT2D eigenvalue weighted by atomic mass is 10.1. The number of nitrogens with zero attached hydrogens (tertiary/aromatic N) is 3. The van der Waals surface area contributed by atoms with E-state index in [1.165, 1.54) is 23.5 Å². The fourth-order valence-electron chi connectivity index (χ4n) is 4.51. The van der Waals surface area contributed by atoms with E-state index in [1.54, 1.807) is 17.0 Å². The van der Waals surface area contributed by atoms with Crippen LogP contribution in [0.4, 0.5) is 0 Å². The van der Waals surface area contributed by atoms with Gasteiger partial charge in [-0.25, -0.2) is 21.6 Å². The van der Waals surface area contributed by atoms with Crippen molar-refractivity contribution in [3.63, 3.8) is 0 Å². The standard InChI is InChI=1S/C26H32N4O7S2/c1-19-16-20(23-6-4-5-7-24(23)28-19)18-37-21-8-10-22(11-9-21)39(34,35)27-17-25(26(31)36-2)29-12-14-30(15-13-29)38(3,32)33/h4-11,16,25,27H,12-15,17-18H2,1-3H3/t25-/m1/s1. The number of sulfonamides is 2. The van der Waals surface area contributed by atoms with Crippen molar-refractivity contribution in [2.24, 2.45) is 0 Å². The normalized spacial score (nSPS) is 16.2. The predicted octanol–water partition coefficient (Wildman–Crippen LogP) is 1.52. The van der Waals surface area contributed by atoms with E-state index in [4.69, 9.17) is 9.47 Å². The topological polar surface area (TPSA) is 135 Å². The Balaban J connectivity index is 1.39. The number of carbonyl (C=O) groups is 1. The van der Waals surface area contributed by atoms with Crippen molar-refractivity contribution < 1.29 is 31.1 Å². The van der Waals surface area contributed by atoms with Crippen molar-refractivity contribution in [1.82, 2.24) is 18.9 Å². The van der Waals surface area contributed by atoms with Crippen molar-refractivity contribution >= 4 is 36.9 Å². The van der Waals surface area contributed by atoms with Gasteiger partial charge < -0.3 is 9.47 Å². The van der Waals surface area contributed by atoms with Gasteiger partial charge in [0.05, 0.1) is 23.8 Å². The molecule has 0 saturated carbocycles. The molecule has 2 aromatic carbocycles. The number of para-hydroxylation sites is 1. The molecule has 1 aliphatic rings. The molecule has 4 rings (SSSR count). The number of aryl methyl sites for hydroxylation is 1. The van der Waals surface area contributed by atoms with Gasteiger partial charge in [-0.2, -0.15) is 4.31 Å². The van der Waals surface area contributed by atoms with Crippen LogP contribution in [0, 0.1) is 6.92 Å². The number of methoxy groups -OCH3 is 1. The molecular weight excluding hydrogens is 544 g/mol. The quantitative estimate of drug-likeness (QED) is 0.356. The maximum absolute atomic E-state index is 13.0. The van der Waals surface area contributed by atoms with Gasteiger partial charge in [0.25, 0.3) is 0 Å². The van der Waals surface area contributed by atoms with Crippen molar-refractivity contribution in [3.8, 4) is 5.75 Å². The molecule has 0 amide bonds. The molecule has 1 atom stereocenters. The van der Waals surface area contributed by atoms with Gasteiger partial charge in [-0.15, -0.1) is 0 Å². The van der Waals surface area contributed by atoms with E-state index in [9.17, 15) is 21.6 Å². The molecule has 210 valence electrons. The first-order valence-corrected chi connectivity index (χ1v) is 15.7. The molecule has 1 aliphatic heterocycles. The summed E-state index contributed by atoms with van der Waals surface area (Å²) < 4.78 is 64.1. The molecule has 13 heteroatoms. The van der Waals surface area contributed by atoms with Gasteiger partial charge in [-0.05, 0) is 43.3 Å². The number of ether oxygens (including phenoxy) is 2. The first-order chi connectivity index (χ1) is 18.5. The molecule has 0 unspecified atom stereocenters. The average molecular weight is 577 g/mol. The Morgan fingerprint density at radius 2 is 1.69 bits per heavy atom. The Bertz CT molecular complexity index is 1540. The molecule has 11 nitrogen and oxygen atoms in total. The number of pyridine rings is 1. The third-order valence-electron chi connectivity index (χ3n) is 6.58. The average Bonchev–Trinajstić information content (AvgIpc) is 2.91. The summed E-state index contributed by atoms with van der Waals surface area (Å²) in [5, 5.41) is 0.990. The highest BCUT2D eigenvalue weighted by Crippen LogP contribution is 2.22. The number of fused-ring (bicyclic) bond motifs is 1. The predicted molar refractivity (Wildman–Crippen MR) is 146 cm³/mol. The molecule has 3 aromatic rings. The summed E-state index contributed by atoms with van der Waals surface area (Å²) in [6.07, 6.45) is 1.13. The molecule has 0 bridgehead atoms. The zero-order valence-electron chi connectivity index (χ0n) is 22.0. The third-order valence-corrected chi connectivity index (χ3v) is 9.32. The SMILES string of the molecule is COC(=O)[C@@H](CNS(=O)(=O)c1ccc(OCc2cc(C)nc3ccccc23)cc1)N1CCN(S(C)(=O)=O)CC1. The molecule has 1 fully saturated rings. The van der Waals surface area contributed by atoms with Crippen LogP contribution in [0.15, 0.2) is 59.5 Å². The second kappa shape index (κ2) is 12.0. The summed E-state index contributed by atoms with van der Waals surface area (Å²) in [5.74, 6) is -0.100. The van der Waals surface area contributed by atoms with E-state index in [1.807, 2.05) is 37.3 Å². The minimum Gasteiger partial charge on any atom is -0.489 e. The van der Waals surface area contributed by atoms with Gasteiger partial charge in [-0.3, -0.25) is 14.7 Å². The summed E-state index contributed by atoms with van der Waals surface area (Å²) in [5.41, 5.74) is 2.73. The summed E-state index contributed by atoms with van der Waals surface area (Å²) in [7, 11) is -6.06. The van der Waals surface area contributed by atoms with Crippen molar-refractivity contribution in [2.45, 2.75) is 24.5 Å². The molecule has 0 aliphatic carbocycles. The van der Waals surface area contributed by atoms with Gasteiger partial charge in [0.15, 0.2) is 0 Å². The highest BCUT2D eigenvalue weighted by molar-refractivity contribution is 7.89. The van der Waals surface area contributed by atoms with E-state index in [2.05, 4.69) is 9.71 Å². The highest BCUT2D eigenvalue weighted by Gasteiger charge is 2.33. The molecule has 1 saturated heterocycles. The van der Waals surface area contributed by atoms with E-state index in [-0.39, 0.29) is 37.6 Å². The van der Waals surface area contributed by atoms with Gasteiger partial charge in [0.2, 0.25) is 20.0 Å². The second-order valence-corrected chi connectivity index (χ2v) is 13.0. The van der Waals surface area contributed by atoms with Crippen LogP contribution in [-0.4, -0.2) is 89.1 Å². The fraction of sp³-hybridized carbons (Fsp3) is 0.385. The molecule has 39 heavy (non-hydrogen) atoms. The summed E-state index contributed by atoms with van der Waals surface area (Å²) >= 11 is 0. The number of piperazine rings is 1. The Labute approximate surface area is 228 Å². The zero-order valence-corrected chi connectivity index (χ0v) is 23.7. The van der Waals surface area contributed by atoms with Crippen LogP contribution in [-0.2, 0) is 36.2 Å². The second-order valence-electron chi connectivity index (χ2n) is 9.29. The number of rotatable bonds is 10. The van der Waals surface area contributed by atoms with Crippen LogP contribution >= 0.6 is 0 Å². The van der Waals surface area contributed by atoms with E-state index in [0.717, 1.165) is 28.4 Å². The largest absolute Gasteiger partial charge is 0.489 e. The van der Waals surface area contributed by atoms with Gasteiger partial charge >= 0.3 is 5.97 Å². The number of esters is 1. The molecule has 0 radical (unpaired) electrons. The van der Waals surface area contributed by atoms with E-state index >= 15 is 0 Å². The lowest BCUT2D eigenvalue weighted by Gasteiger charge is -2.36. The minimum atomic E-state index is -3.94. The van der Waals surface area contributed by atoms with Crippen molar-refractivity contribution in [1.29, 1.82) is 0 Å². The first kappa shape index (κ1) is 28.9. The number of carbonyl (C=O) groups excluding carboxylic acids is 1. The van der Waals surface area contributed by atoms with Crippen LogP contribution in [0.5, 0.6) is 5.75 Å². The number of hydrogen-bond acceptors (Lipinski definition) is 9. The number of benzene rings is 2. The Kier molecular flexibility index (Phi) is 8.86. The van der Waals surface area contributed by atoms with E-state index in [0.29, 0.717) is 12.4 Å². The third kappa shape index (κ3) is 7.11. The van der Waals surface area contributed by atoms with Crippen LogP contribution in [0.2, 0.25) is 0 Å². The van der Waals surface area contributed by atoms with Gasteiger partial charge in [0, 0.05) is 49.4 Å². The van der Waals surface area contributed by atoms with Crippen molar-refractivity contribution in [2.75, 3.05) is 46.1 Å². The number of hydrogen-bond donors (Lipinski definition) is 1. The Morgan fingerprint density at radius 1 is 1.03 bits per heavy atom. The zero-order chi connectivity index (χ0) is 28.2. The molecular formula is C26H32N4O7S2. The van der Waals surface area contributed by atoms with Crippen LogP contribution in [0.1, 0.15) is 11.3 Å². The molecule has 1 aromatic heterocycles. The van der Waals surface area contributed by atoms with Crippen LogP contribution in [0.3, 0.4) is 0 Å². The summed E-state index contributed by atoms with van der Waals surface area (Å²) in [4.78, 5) is 18.7. The minimum absolute atomic E-state index is 0.0190. The van der Waals surface area contributed by atoms with Crippen LogP contribution < -0.4 is 9.46 Å². The Morgan fingerprint density at radius 3 is 2.33 bits per heavy atom. The monoisotopic (exact) mass is 576 g/mol. The molecule has 1 N–H and O–H groups in total.